The lowest BCUT2D eigenvalue weighted by Gasteiger charge is -2.08. The molecule has 3 rings (SSSR count). The summed E-state index contributed by atoms with van der Waals surface area (Å²) in [6.45, 7) is 1.94. The van der Waals surface area contributed by atoms with Crippen LogP contribution in [-0.4, -0.2) is 18.9 Å². The van der Waals surface area contributed by atoms with Crippen molar-refractivity contribution in [1.82, 2.24) is 0 Å². The highest BCUT2D eigenvalue weighted by molar-refractivity contribution is 6.03. The molecule has 2 aromatic carbocycles. The van der Waals surface area contributed by atoms with Crippen LogP contribution in [0, 0.1) is 18.8 Å². The molecule has 5 nitrogen and oxygen atoms in total. The Hall–Kier alpha value is -2.82. The molecular weight excluding hydrogens is 304 g/mol. The van der Waals surface area contributed by atoms with Gasteiger partial charge in [0.05, 0.1) is 18.9 Å². The fourth-order valence-electron chi connectivity index (χ4n) is 2.65. The number of hydrogen-bond donors (Lipinski definition) is 2. The van der Waals surface area contributed by atoms with E-state index in [1.165, 1.54) is 0 Å². The first-order valence-electron chi connectivity index (χ1n) is 7.90. The smallest absolute Gasteiger partial charge is 0.228 e. The van der Waals surface area contributed by atoms with Crippen LogP contribution in [0.4, 0.5) is 11.4 Å². The third kappa shape index (κ3) is 3.56. The predicted octanol–water partition coefficient (Wildman–Crippen LogP) is 3.22. The molecule has 0 aliphatic heterocycles. The molecule has 2 amide bonds. The van der Waals surface area contributed by atoms with Gasteiger partial charge in [-0.1, -0.05) is 24.3 Å². The fourth-order valence-corrected chi connectivity index (χ4v) is 2.65. The van der Waals surface area contributed by atoms with Gasteiger partial charge in [0.2, 0.25) is 11.8 Å². The van der Waals surface area contributed by atoms with E-state index < -0.39 is 0 Å². The number of amides is 2. The van der Waals surface area contributed by atoms with Gasteiger partial charge in [-0.15, -0.1) is 0 Å². The van der Waals surface area contributed by atoms with E-state index in [0.29, 0.717) is 17.9 Å². The molecule has 0 bridgehead atoms. The minimum absolute atomic E-state index is 0.102. The van der Waals surface area contributed by atoms with Gasteiger partial charge in [-0.2, -0.15) is 0 Å². The Morgan fingerprint density at radius 2 is 1.71 bits per heavy atom. The first-order valence-corrected chi connectivity index (χ1v) is 7.90. The van der Waals surface area contributed by atoms with Crippen LogP contribution >= 0.6 is 0 Å². The van der Waals surface area contributed by atoms with Crippen molar-refractivity contribution in [3.63, 3.8) is 0 Å². The van der Waals surface area contributed by atoms with Crippen LogP contribution in [0.3, 0.4) is 0 Å². The number of ether oxygens (including phenoxy) is 1. The summed E-state index contributed by atoms with van der Waals surface area (Å²) in [7, 11) is 1.58. The zero-order valence-corrected chi connectivity index (χ0v) is 13.7. The van der Waals surface area contributed by atoms with Crippen LogP contribution in [0.15, 0.2) is 48.5 Å². The molecule has 1 aliphatic carbocycles. The molecule has 1 fully saturated rings. The Morgan fingerprint density at radius 3 is 2.42 bits per heavy atom. The molecule has 0 heterocycles. The topological polar surface area (TPSA) is 67.4 Å². The number of carbonyl (C=O) groups excluding carboxylic acids is 2. The zero-order valence-electron chi connectivity index (χ0n) is 13.7. The molecule has 5 heteroatoms. The van der Waals surface area contributed by atoms with E-state index in [0.717, 1.165) is 11.3 Å². The monoisotopic (exact) mass is 324 g/mol. The van der Waals surface area contributed by atoms with Crippen LogP contribution in [0.2, 0.25) is 0 Å². The fraction of sp³-hybridized carbons (Fsp3) is 0.263. The highest BCUT2D eigenvalue weighted by Crippen LogP contribution is 2.40. The van der Waals surface area contributed by atoms with Crippen LogP contribution in [0.25, 0.3) is 0 Å². The minimum Gasteiger partial charge on any atom is -0.497 e. The molecule has 2 unspecified atom stereocenters. The largest absolute Gasteiger partial charge is 0.497 e. The molecule has 24 heavy (non-hydrogen) atoms. The number of hydrogen-bond acceptors (Lipinski definition) is 3. The first kappa shape index (κ1) is 16.1. The van der Waals surface area contributed by atoms with Crippen molar-refractivity contribution >= 4 is 23.2 Å². The summed E-state index contributed by atoms with van der Waals surface area (Å²) in [5.41, 5.74) is 2.47. The van der Waals surface area contributed by atoms with E-state index in [1.807, 2.05) is 43.3 Å². The number of para-hydroxylation sites is 1. The Labute approximate surface area is 141 Å². The highest BCUT2D eigenvalue weighted by atomic mass is 16.5. The Kier molecular flexibility index (Phi) is 4.51. The van der Waals surface area contributed by atoms with Gasteiger partial charge in [0, 0.05) is 17.4 Å². The Morgan fingerprint density at radius 1 is 1.00 bits per heavy atom. The van der Waals surface area contributed by atoms with Gasteiger partial charge < -0.3 is 15.4 Å². The summed E-state index contributed by atoms with van der Waals surface area (Å²) in [5.74, 6) is -0.101. The molecule has 2 N–H and O–H groups in total. The van der Waals surface area contributed by atoms with Gasteiger partial charge in [0.1, 0.15) is 5.75 Å². The molecule has 124 valence electrons. The SMILES string of the molecule is COc1cccc(NC(=O)C2CC2C(=O)Nc2ccccc2C)c1. The molecule has 1 aliphatic rings. The van der Waals surface area contributed by atoms with E-state index in [-0.39, 0.29) is 23.7 Å². The maximum Gasteiger partial charge on any atom is 0.228 e. The maximum atomic E-state index is 12.3. The van der Waals surface area contributed by atoms with E-state index in [1.54, 1.807) is 19.2 Å². The number of rotatable bonds is 5. The van der Waals surface area contributed by atoms with Crippen molar-refractivity contribution in [3.05, 3.63) is 54.1 Å². The van der Waals surface area contributed by atoms with Gasteiger partial charge >= 0.3 is 0 Å². The number of nitrogens with one attached hydrogen (secondary N) is 2. The summed E-state index contributed by atoms with van der Waals surface area (Å²) < 4.78 is 5.13. The predicted molar refractivity (Wildman–Crippen MR) is 93.0 cm³/mol. The summed E-state index contributed by atoms with van der Waals surface area (Å²) in [4.78, 5) is 24.6. The average Bonchev–Trinajstić information content (AvgIpc) is 3.38. The maximum absolute atomic E-state index is 12.3. The summed E-state index contributed by atoms with van der Waals surface area (Å²) in [6, 6.07) is 14.8. The van der Waals surface area contributed by atoms with Crippen molar-refractivity contribution < 1.29 is 14.3 Å². The second-order valence-electron chi connectivity index (χ2n) is 5.97. The van der Waals surface area contributed by atoms with Crippen LogP contribution in [-0.2, 0) is 9.59 Å². The number of anilines is 2. The van der Waals surface area contributed by atoms with Crippen molar-refractivity contribution in [3.8, 4) is 5.75 Å². The van der Waals surface area contributed by atoms with E-state index in [9.17, 15) is 9.59 Å². The Balaban J connectivity index is 1.57. The van der Waals surface area contributed by atoms with Crippen LogP contribution in [0.1, 0.15) is 12.0 Å². The quantitative estimate of drug-likeness (QED) is 0.887. The second-order valence-corrected chi connectivity index (χ2v) is 5.97. The summed E-state index contributed by atoms with van der Waals surface area (Å²) in [6.07, 6.45) is 0.577. The average molecular weight is 324 g/mol. The molecule has 0 radical (unpaired) electrons. The van der Waals surface area contributed by atoms with Gasteiger partial charge in [0.15, 0.2) is 0 Å². The normalized spacial score (nSPS) is 18.6. The molecule has 0 saturated heterocycles. The van der Waals surface area contributed by atoms with Crippen molar-refractivity contribution in [1.29, 1.82) is 0 Å². The molecule has 1 saturated carbocycles. The number of methoxy groups -OCH3 is 1. The summed E-state index contributed by atoms with van der Waals surface area (Å²) >= 11 is 0. The lowest BCUT2D eigenvalue weighted by atomic mass is 10.2. The third-order valence-electron chi connectivity index (χ3n) is 4.20. The van der Waals surface area contributed by atoms with Gasteiger partial charge in [-0.25, -0.2) is 0 Å². The number of carbonyl (C=O) groups is 2. The number of benzene rings is 2. The van der Waals surface area contributed by atoms with Gasteiger partial charge in [-0.3, -0.25) is 9.59 Å². The van der Waals surface area contributed by atoms with Gasteiger partial charge in [-0.05, 0) is 37.1 Å². The van der Waals surface area contributed by atoms with E-state index >= 15 is 0 Å². The van der Waals surface area contributed by atoms with Crippen molar-refractivity contribution in [2.75, 3.05) is 17.7 Å². The molecule has 0 spiro atoms. The Bertz CT molecular complexity index is 773. The summed E-state index contributed by atoms with van der Waals surface area (Å²) in [5, 5.41) is 5.74. The standard InChI is InChI=1S/C19H20N2O3/c1-12-6-3-4-9-17(12)21-19(23)16-11-15(16)18(22)20-13-7-5-8-14(10-13)24-2/h3-10,15-16H,11H2,1-2H3,(H,20,22)(H,21,23). The highest BCUT2D eigenvalue weighted by Gasteiger charge is 2.48. The van der Waals surface area contributed by atoms with Gasteiger partial charge in [0.25, 0.3) is 0 Å². The molecule has 0 aromatic heterocycles. The van der Waals surface area contributed by atoms with Crippen molar-refractivity contribution in [2.24, 2.45) is 11.8 Å². The van der Waals surface area contributed by atoms with Crippen LogP contribution < -0.4 is 15.4 Å². The lowest BCUT2D eigenvalue weighted by Crippen LogP contribution is -2.20. The lowest BCUT2D eigenvalue weighted by molar-refractivity contribution is -0.122. The molecule has 2 aromatic rings. The molecule has 2 atom stereocenters. The van der Waals surface area contributed by atoms with Crippen molar-refractivity contribution in [2.45, 2.75) is 13.3 Å². The van der Waals surface area contributed by atoms with E-state index in [4.69, 9.17) is 4.74 Å². The first-order chi connectivity index (χ1) is 11.6. The molecular formula is C19H20N2O3. The van der Waals surface area contributed by atoms with Crippen LogP contribution in [0.5, 0.6) is 5.75 Å². The van der Waals surface area contributed by atoms with E-state index in [2.05, 4.69) is 10.6 Å². The zero-order chi connectivity index (χ0) is 17.1. The third-order valence-corrected chi connectivity index (χ3v) is 4.20. The second kappa shape index (κ2) is 6.74. The minimum atomic E-state index is -0.278. The number of aryl methyl sites for hydroxylation is 1.